The van der Waals surface area contributed by atoms with Crippen molar-refractivity contribution in [2.45, 2.75) is 76.5 Å². The van der Waals surface area contributed by atoms with Gasteiger partial charge in [-0.3, -0.25) is 0 Å². The lowest BCUT2D eigenvalue weighted by molar-refractivity contribution is -0.152. The maximum absolute atomic E-state index is 9.87. The summed E-state index contributed by atoms with van der Waals surface area (Å²) in [5, 5.41) is 19.6. The molecule has 0 aromatic rings. The van der Waals surface area contributed by atoms with Crippen LogP contribution in [0.3, 0.4) is 0 Å². The van der Waals surface area contributed by atoms with Crippen LogP contribution >= 0.6 is 0 Å². The van der Waals surface area contributed by atoms with Gasteiger partial charge in [-0.05, 0) is 71.1 Å². The first-order chi connectivity index (χ1) is 11.7. The van der Waals surface area contributed by atoms with E-state index >= 15 is 0 Å². The van der Waals surface area contributed by atoms with Gasteiger partial charge >= 0.3 is 0 Å². The number of hydrogen-bond donors (Lipinski definition) is 2. The topological polar surface area (TPSA) is 58.9 Å². The Labute approximate surface area is 150 Å². The normalized spacial score (nSPS) is 32.7. The summed E-state index contributed by atoms with van der Waals surface area (Å²) in [6.45, 7) is 7.14. The molecule has 3 rings (SSSR count). The molecule has 0 bridgehead atoms. The predicted molar refractivity (Wildman–Crippen MR) is 96.6 cm³/mol. The number of ether oxygens (including phenoxy) is 2. The first-order valence-electron chi connectivity index (χ1n) is 9.03. The highest BCUT2D eigenvalue weighted by atomic mass is 16.8. The predicted octanol–water partition coefficient (Wildman–Crippen LogP) is 3.01. The third kappa shape index (κ3) is 3.47. The SMILES string of the molecule is CC(C)(O)/C=C/C#C/C(CO)=C1\C2=CCCCC[C@@]23OC(C)(C)O[C@@H]13. The van der Waals surface area contributed by atoms with Gasteiger partial charge in [-0.25, -0.2) is 0 Å². The van der Waals surface area contributed by atoms with Gasteiger partial charge in [0, 0.05) is 11.1 Å². The Kier molecular flexibility index (Phi) is 4.72. The van der Waals surface area contributed by atoms with Crippen LogP contribution in [0.4, 0.5) is 0 Å². The van der Waals surface area contributed by atoms with E-state index < -0.39 is 11.4 Å². The Morgan fingerprint density at radius 2 is 2.16 bits per heavy atom. The van der Waals surface area contributed by atoms with E-state index in [1.807, 2.05) is 13.8 Å². The van der Waals surface area contributed by atoms with Crippen LogP contribution in [0.25, 0.3) is 0 Å². The minimum Gasteiger partial charge on any atom is -0.391 e. The zero-order chi connectivity index (χ0) is 18.3. The molecular weight excluding hydrogens is 316 g/mol. The molecule has 1 saturated heterocycles. The quantitative estimate of drug-likeness (QED) is 0.756. The molecule has 0 aromatic carbocycles. The van der Waals surface area contributed by atoms with E-state index in [9.17, 15) is 10.2 Å². The van der Waals surface area contributed by atoms with Crippen molar-refractivity contribution >= 4 is 0 Å². The lowest BCUT2D eigenvalue weighted by Crippen LogP contribution is -2.54. The van der Waals surface area contributed by atoms with E-state index in [-0.39, 0.29) is 18.3 Å². The maximum Gasteiger partial charge on any atom is 0.165 e. The fraction of sp³-hybridized carbons (Fsp3) is 0.619. The largest absolute Gasteiger partial charge is 0.391 e. The van der Waals surface area contributed by atoms with Crippen LogP contribution in [-0.2, 0) is 9.47 Å². The Hall–Kier alpha value is -1.38. The number of hydrogen-bond acceptors (Lipinski definition) is 4. The Morgan fingerprint density at radius 1 is 1.40 bits per heavy atom. The highest BCUT2D eigenvalue weighted by Gasteiger charge is 2.65. The van der Waals surface area contributed by atoms with Crippen molar-refractivity contribution < 1.29 is 19.7 Å². The van der Waals surface area contributed by atoms with Crippen LogP contribution < -0.4 is 0 Å². The summed E-state index contributed by atoms with van der Waals surface area (Å²) in [4.78, 5) is 0. The number of aliphatic hydroxyl groups excluding tert-OH is 1. The van der Waals surface area contributed by atoms with E-state index in [4.69, 9.17) is 9.47 Å². The summed E-state index contributed by atoms with van der Waals surface area (Å²) in [5.74, 6) is 5.32. The molecule has 136 valence electrons. The number of rotatable bonds is 2. The molecule has 1 saturated carbocycles. The fourth-order valence-electron chi connectivity index (χ4n) is 3.94. The maximum atomic E-state index is 9.87. The molecule has 25 heavy (non-hydrogen) atoms. The van der Waals surface area contributed by atoms with Crippen LogP contribution in [0.1, 0.15) is 53.4 Å². The van der Waals surface area contributed by atoms with E-state index in [2.05, 4.69) is 17.9 Å². The van der Waals surface area contributed by atoms with Crippen molar-refractivity contribution in [3.63, 3.8) is 0 Å². The molecule has 1 heterocycles. The molecule has 4 nitrogen and oxygen atoms in total. The molecule has 3 aliphatic rings. The molecule has 1 spiro atoms. The highest BCUT2D eigenvalue weighted by Crippen LogP contribution is 2.59. The standard InChI is InChI=1S/C21H28O4/c1-19(2,23)12-9-7-10-15(14-22)17-16-11-6-5-8-13-21(16)18(17)24-20(3,4)25-21/h9,11-12,18,22-23H,5-6,8,13-14H2,1-4H3/b12-9+,17-15-/t18-,21+/m0/s1. The van der Waals surface area contributed by atoms with Gasteiger partial charge in [-0.2, -0.15) is 0 Å². The van der Waals surface area contributed by atoms with Gasteiger partial charge < -0.3 is 19.7 Å². The summed E-state index contributed by atoms with van der Waals surface area (Å²) >= 11 is 0. The average molecular weight is 344 g/mol. The van der Waals surface area contributed by atoms with Crippen molar-refractivity contribution in [1.82, 2.24) is 0 Å². The fourth-order valence-corrected chi connectivity index (χ4v) is 3.94. The third-order valence-corrected chi connectivity index (χ3v) is 4.89. The van der Waals surface area contributed by atoms with Crippen molar-refractivity contribution in [3.8, 4) is 11.8 Å². The summed E-state index contributed by atoms with van der Waals surface area (Å²) in [6, 6.07) is 0. The van der Waals surface area contributed by atoms with Gasteiger partial charge in [0.05, 0.1) is 12.2 Å². The van der Waals surface area contributed by atoms with E-state index in [0.29, 0.717) is 5.57 Å². The van der Waals surface area contributed by atoms with E-state index in [1.165, 1.54) is 0 Å². The zero-order valence-electron chi connectivity index (χ0n) is 15.6. The van der Waals surface area contributed by atoms with Crippen molar-refractivity contribution in [2.75, 3.05) is 6.61 Å². The van der Waals surface area contributed by atoms with Gasteiger partial charge in [-0.15, -0.1) is 0 Å². The summed E-state index contributed by atoms with van der Waals surface area (Å²) in [6.07, 6.45) is 9.53. The monoisotopic (exact) mass is 344 g/mol. The number of allylic oxidation sites excluding steroid dienone is 2. The van der Waals surface area contributed by atoms with E-state index in [0.717, 1.165) is 36.8 Å². The summed E-state index contributed by atoms with van der Waals surface area (Å²) in [5.41, 5.74) is 1.53. The third-order valence-electron chi connectivity index (χ3n) is 4.89. The van der Waals surface area contributed by atoms with Crippen molar-refractivity contribution in [2.24, 2.45) is 0 Å². The molecule has 0 aromatic heterocycles. The van der Waals surface area contributed by atoms with Crippen LogP contribution in [-0.4, -0.2) is 39.9 Å². The van der Waals surface area contributed by atoms with Gasteiger partial charge in [0.2, 0.25) is 0 Å². The summed E-state index contributed by atoms with van der Waals surface area (Å²) < 4.78 is 12.5. The molecule has 2 atom stereocenters. The molecule has 2 aliphatic carbocycles. The minimum atomic E-state index is -0.900. The van der Waals surface area contributed by atoms with Crippen LogP contribution in [0.2, 0.25) is 0 Å². The number of aliphatic hydroxyl groups is 2. The molecule has 0 amide bonds. The van der Waals surface area contributed by atoms with Crippen LogP contribution in [0.5, 0.6) is 0 Å². The average Bonchev–Trinajstić information content (AvgIpc) is 2.62. The van der Waals surface area contributed by atoms with Crippen LogP contribution in [0.15, 0.2) is 34.9 Å². The molecule has 2 fully saturated rings. The Morgan fingerprint density at radius 3 is 2.84 bits per heavy atom. The molecular formula is C21H28O4. The minimum absolute atomic E-state index is 0.133. The second kappa shape index (κ2) is 6.41. The second-order valence-electron chi connectivity index (χ2n) is 8.06. The molecule has 4 heteroatoms. The lowest BCUT2D eigenvalue weighted by atomic mass is 9.64. The Bertz CT molecular complexity index is 694. The van der Waals surface area contributed by atoms with Crippen molar-refractivity contribution in [3.05, 3.63) is 34.9 Å². The molecule has 0 unspecified atom stereocenters. The Balaban J connectivity index is 1.97. The smallest absolute Gasteiger partial charge is 0.165 e. The summed E-state index contributed by atoms with van der Waals surface area (Å²) in [7, 11) is 0. The molecule has 0 radical (unpaired) electrons. The molecule has 1 aliphatic heterocycles. The van der Waals surface area contributed by atoms with Gasteiger partial charge in [0.15, 0.2) is 5.79 Å². The van der Waals surface area contributed by atoms with Crippen LogP contribution in [0, 0.1) is 11.8 Å². The van der Waals surface area contributed by atoms with Gasteiger partial charge in [0.25, 0.3) is 0 Å². The van der Waals surface area contributed by atoms with Crippen molar-refractivity contribution in [1.29, 1.82) is 0 Å². The zero-order valence-corrected chi connectivity index (χ0v) is 15.6. The molecule has 2 N–H and O–H groups in total. The highest BCUT2D eigenvalue weighted by molar-refractivity contribution is 5.62. The first kappa shape index (κ1) is 18.4. The van der Waals surface area contributed by atoms with E-state index in [1.54, 1.807) is 26.0 Å². The van der Waals surface area contributed by atoms with Gasteiger partial charge in [-0.1, -0.05) is 17.9 Å². The first-order valence-corrected chi connectivity index (χ1v) is 9.03. The van der Waals surface area contributed by atoms with Gasteiger partial charge in [0.1, 0.15) is 11.7 Å². The second-order valence-corrected chi connectivity index (χ2v) is 8.06. The lowest BCUT2D eigenvalue weighted by Gasteiger charge is -2.47.